The van der Waals surface area contributed by atoms with E-state index in [1.807, 2.05) is 0 Å². The maximum atomic E-state index is 12.8. The van der Waals surface area contributed by atoms with E-state index < -0.39 is 35.3 Å². The number of carbonyl (C=O) groups excluding carboxylic acids is 4. The van der Waals surface area contributed by atoms with Crippen molar-refractivity contribution in [2.45, 2.75) is 43.9 Å². The number of benzene rings is 1. The lowest BCUT2D eigenvalue weighted by molar-refractivity contribution is -0.136. The molecule has 0 saturated carbocycles. The predicted molar refractivity (Wildman–Crippen MR) is 102 cm³/mol. The average Bonchev–Trinajstić information content (AvgIpc) is 2.93. The summed E-state index contributed by atoms with van der Waals surface area (Å²) in [6, 6.07) is 4.05. The Kier molecular flexibility index (Phi) is 5.20. The molecular weight excluding hydrogens is 376 g/mol. The Morgan fingerprint density at radius 1 is 1.10 bits per heavy atom. The lowest BCUT2D eigenvalue weighted by Gasteiger charge is -2.32. The highest BCUT2D eigenvalue weighted by Crippen LogP contribution is 2.28. The van der Waals surface area contributed by atoms with Gasteiger partial charge >= 0.3 is 0 Å². The molecule has 3 heterocycles. The van der Waals surface area contributed by atoms with Crippen LogP contribution in [0.3, 0.4) is 0 Å². The highest BCUT2D eigenvalue weighted by molar-refractivity contribution is 6.23. The topological polar surface area (TPSA) is 128 Å². The summed E-state index contributed by atoms with van der Waals surface area (Å²) in [5, 5.41) is 19.2. The van der Waals surface area contributed by atoms with Crippen molar-refractivity contribution in [2.75, 3.05) is 19.6 Å². The van der Waals surface area contributed by atoms with Gasteiger partial charge in [-0.25, -0.2) is 0 Å². The molecule has 0 spiro atoms. The Morgan fingerprint density at radius 2 is 1.83 bits per heavy atom. The van der Waals surface area contributed by atoms with Crippen LogP contribution in [0.1, 0.15) is 52.0 Å². The molecule has 4 rings (SSSR count). The summed E-state index contributed by atoms with van der Waals surface area (Å²) in [5.74, 6) is -2.04. The molecule has 1 aromatic carbocycles. The molecule has 0 radical (unpaired) electrons. The van der Waals surface area contributed by atoms with Crippen LogP contribution >= 0.6 is 0 Å². The predicted octanol–water partition coefficient (Wildman–Crippen LogP) is -0.708. The number of nitrogens with zero attached hydrogens (tertiary/aromatic N) is 1. The molecular formula is C20H24N4O5. The number of rotatable bonds is 5. The number of carbonyl (C=O) groups is 4. The minimum absolute atomic E-state index is 0.0947. The maximum Gasteiger partial charge on any atom is 0.262 e. The second-order valence-electron chi connectivity index (χ2n) is 7.91. The molecule has 4 N–H and O–H groups in total. The van der Waals surface area contributed by atoms with E-state index in [-0.39, 0.29) is 24.0 Å². The molecule has 4 amide bonds. The van der Waals surface area contributed by atoms with Crippen LogP contribution in [0.5, 0.6) is 0 Å². The van der Waals surface area contributed by atoms with Crippen LogP contribution in [0.25, 0.3) is 0 Å². The molecule has 1 unspecified atom stereocenters. The standard InChI is InChI=1S/C20H24N4O5/c25-16-4-3-15(17(26)23-16)24-18(27)13-2-1-12(9-14(13)19(24)28)10-22-11-20(29)5-7-21-8-6-20/h1-2,9,15,21-22,29H,3-8,10-11H2,(H,23,25,26). The van der Waals surface area contributed by atoms with Crippen LogP contribution in [0.15, 0.2) is 18.2 Å². The smallest absolute Gasteiger partial charge is 0.262 e. The van der Waals surface area contributed by atoms with Crippen LogP contribution in [0.4, 0.5) is 0 Å². The normalized spacial score (nSPS) is 23.9. The van der Waals surface area contributed by atoms with Gasteiger partial charge in [0.2, 0.25) is 11.8 Å². The summed E-state index contributed by atoms with van der Waals surface area (Å²) in [5.41, 5.74) is 0.601. The number of hydrogen-bond donors (Lipinski definition) is 4. The first kappa shape index (κ1) is 19.7. The zero-order chi connectivity index (χ0) is 20.6. The van der Waals surface area contributed by atoms with E-state index in [4.69, 9.17) is 0 Å². The number of hydrogen-bond acceptors (Lipinski definition) is 7. The summed E-state index contributed by atoms with van der Waals surface area (Å²) in [4.78, 5) is 49.9. The Labute approximate surface area is 167 Å². The fourth-order valence-electron chi connectivity index (χ4n) is 4.14. The highest BCUT2D eigenvalue weighted by Gasteiger charge is 2.44. The van der Waals surface area contributed by atoms with Gasteiger partial charge in [0.25, 0.3) is 11.8 Å². The monoisotopic (exact) mass is 400 g/mol. The lowest BCUT2D eigenvalue weighted by Crippen LogP contribution is -2.54. The molecule has 3 aliphatic rings. The number of aliphatic hydroxyl groups is 1. The molecule has 154 valence electrons. The minimum Gasteiger partial charge on any atom is -0.388 e. The number of nitrogens with one attached hydrogen (secondary N) is 3. The van der Waals surface area contributed by atoms with E-state index in [2.05, 4.69) is 16.0 Å². The van der Waals surface area contributed by atoms with Crippen molar-refractivity contribution in [3.63, 3.8) is 0 Å². The largest absolute Gasteiger partial charge is 0.388 e. The first-order chi connectivity index (χ1) is 13.9. The molecule has 0 aliphatic carbocycles. The van der Waals surface area contributed by atoms with E-state index in [1.54, 1.807) is 18.2 Å². The van der Waals surface area contributed by atoms with Crippen molar-refractivity contribution >= 4 is 23.6 Å². The number of fused-ring (bicyclic) bond motifs is 1. The van der Waals surface area contributed by atoms with Crippen LogP contribution < -0.4 is 16.0 Å². The summed E-state index contributed by atoms with van der Waals surface area (Å²) < 4.78 is 0. The Balaban J connectivity index is 1.44. The van der Waals surface area contributed by atoms with Crippen LogP contribution in [0, 0.1) is 0 Å². The average molecular weight is 400 g/mol. The molecule has 3 aliphatic heterocycles. The zero-order valence-corrected chi connectivity index (χ0v) is 16.0. The quantitative estimate of drug-likeness (QED) is 0.481. The second-order valence-corrected chi connectivity index (χ2v) is 7.91. The molecule has 1 atom stereocenters. The minimum atomic E-state index is -0.962. The van der Waals surface area contributed by atoms with Crippen LogP contribution in [-0.2, 0) is 16.1 Å². The van der Waals surface area contributed by atoms with Crippen molar-refractivity contribution in [1.82, 2.24) is 20.9 Å². The zero-order valence-electron chi connectivity index (χ0n) is 16.0. The van der Waals surface area contributed by atoms with Crippen molar-refractivity contribution < 1.29 is 24.3 Å². The van der Waals surface area contributed by atoms with Crippen molar-refractivity contribution in [2.24, 2.45) is 0 Å². The molecule has 2 saturated heterocycles. The van der Waals surface area contributed by atoms with Gasteiger partial charge in [0.1, 0.15) is 6.04 Å². The van der Waals surface area contributed by atoms with Gasteiger partial charge in [-0.2, -0.15) is 0 Å². The molecule has 1 aromatic rings. The first-order valence-electron chi connectivity index (χ1n) is 9.86. The number of piperidine rings is 2. The van der Waals surface area contributed by atoms with Gasteiger partial charge in [0.15, 0.2) is 0 Å². The molecule has 0 bridgehead atoms. The molecule has 29 heavy (non-hydrogen) atoms. The van der Waals surface area contributed by atoms with Gasteiger partial charge < -0.3 is 15.7 Å². The number of imide groups is 2. The van der Waals surface area contributed by atoms with Gasteiger partial charge in [-0.05, 0) is 50.0 Å². The fraction of sp³-hybridized carbons (Fsp3) is 0.500. The van der Waals surface area contributed by atoms with Crippen molar-refractivity contribution in [3.05, 3.63) is 34.9 Å². The molecule has 2 fully saturated rings. The second kappa shape index (κ2) is 7.66. The lowest BCUT2D eigenvalue weighted by atomic mass is 9.92. The molecule has 0 aromatic heterocycles. The Bertz CT molecular complexity index is 878. The third-order valence-corrected chi connectivity index (χ3v) is 5.82. The Morgan fingerprint density at radius 3 is 2.55 bits per heavy atom. The summed E-state index contributed by atoms with van der Waals surface area (Å²) in [7, 11) is 0. The fourth-order valence-corrected chi connectivity index (χ4v) is 4.14. The van der Waals surface area contributed by atoms with E-state index in [0.29, 0.717) is 25.9 Å². The third-order valence-electron chi connectivity index (χ3n) is 5.82. The van der Waals surface area contributed by atoms with E-state index in [9.17, 15) is 24.3 Å². The SMILES string of the molecule is O=C1CCC(N2C(=O)c3ccc(CNCC4(O)CCNCC4)cc3C2=O)C(=O)N1. The third kappa shape index (κ3) is 3.81. The van der Waals surface area contributed by atoms with Crippen LogP contribution in [0.2, 0.25) is 0 Å². The molecule has 9 heteroatoms. The summed E-state index contributed by atoms with van der Waals surface area (Å²) in [6.07, 6.45) is 1.59. The van der Waals surface area contributed by atoms with E-state index in [0.717, 1.165) is 23.6 Å². The van der Waals surface area contributed by atoms with Crippen LogP contribution in [-0.4, -0.2) is 64.9 Å². The van der Waals surface area contributed by atoms with Gasteiger partial charge in [0, 0.05) is 19.5 Å². The number of amides is 4. The molecule has 9 nitrogen and oxygen atoms in total. The Hall–Kier alpha value is -2.62. The van der Waals surface area contributed by atoms with Gasteiger partial charge in [-0.1, -0.05) is 6.07 Å². The first-order valence-corrected chi connectivity index (χ1v) is 9.86. The maximum absolute atomic E-state index is 12.8. The van der Waals surface area contributed by atoms with Crippen molar-refractivity contribution in [1.29, 1.82) is 0 Å². The highest BCUT2D eigenvalue weighted by atomic mass is 16.3. The summed E-state index contributed by atoms with van der Waals surface area (Å²) in [6.45, 7) is 2.46. The van der Waals surface area contributed by atoms with E-state index in [1.165, 1.54) is 0 Å². The van der Waals surface area contributed by atoms with Gasteiger partial charge in [-0.3, -0.25) is 29.4 Å². The van der Waals surface area contributed by atoms with Gasteiger partial charge in [0.05, 0.1) is 16.7 Å². The van der Waals surface area contributed by atoms with Crippen molar-refractivity contribution in [3.8, 4) is 0 Å². The van der Waals surface area contributed by atoms with E-state index >= 15 is 0 Å². The summed E-state index contributed by atoms with van der Waals surface area (Å²) >= 11 is 0. The van der Waals surface area contributed by atoms with Gasteiger partial charge in [-0.15, -0.1) is 0 Å².